The molecule has 13 heteroatoms. The van der Waals surface area contributed by atoms with Gasteiger partial charge in [0.05, 0.1) is 34.1 Å². The predicted molar refractivity (Wildman–Crippen MR) is 148 cm³/mol. The standard InChI is InChI=1S/C27H23N3O7S3/c28-18-22-13-14-26(30(31)32)23(16-22)19-29(39(33,34)27-12-7-15-38-27)24(17-21-8-3-1-4-9-21)20-37-40(35,36)25-10-5-2-6-11-25/h1-16,24H,17,19-20H2/t24-/m1/s1. The third kappa shape index (κ3) is 6.79. The van der Waals surface area contributed by atoms with E-state index in [1.807, 2.05) is 6.07 Å². The average Bonchev–Trinajstić information content (AvgIpc) is 3.51. The molecule has 40 heavy (non-hydrogen) atoms. The maximum atomic E-state index is 14.0. The van der Waals surface area contributed by atoms with Crippen LogP contribution in [0.25, 0.3) is 0 Å². The molecule has 0 aliphatic carbocycles. The number of sulfonamides is 1. The van der Waals surface area contributed by atoms with Gasteiger partial charge in [0.1, 0.15) is 4.21 Å². The molecule has 10 nitrogen and oxygen atoms in total. The van der Waals surface area contributed by atoms with Gasteiger partial charge in [-0.05, 0) is 47.7 Å². The van der Waals surface area contributed by atoms with Crippen molar-refractivity contribution < 1.29 is 25.9 Å². The van der Waals surface area contributed by atoms with Gasteiger partial charge < -0.3 is 0 Å². The van der Waals surface area contributed by atoms with Crippen molar-refractivity contribution in [3.8, 4) is 6.07 Å². The normalized spacial score (nSPS) is 12.6. The first-order valence-electron chi connectivity index (χ1n) is 11.8. The molecule has 0 saturated carbocycles. The van der Waals surface area contributed by atoms with Crippen LogP contribution in [0.2, 0.25) is 0 Å². The fourth-order valence-electron chi connectivity index (χ4n) is 4.02. The molecule has 4 rings (SSSR count). The number of nitro benzene ring substituents is 1. The minimum Gasteiger partial charge on any atom is -0.265 e. The van der Waals surface area contributed by atoms with E-state index in [2.05, 4.69) is 0 Å². The maximum Gasteiger partial charge on any atom is 0.297 e. The zero-order valence-electron chi connectivity index (χ0n) is 20.9. The van der Waals surface area contributed by atoms with Gasteiger partial charge in [0.25, 0.3) is 25.8 Å². The van der Waals surface area contributed by atoms with E-state index in [4.69, 9.17) is 4.18 Å². The Morgan fingerprint density at radius 2 is 1.62 bits per heavy atom. The van der Waals surface area contributed by atoms with Gasteiger partial charge in [-0.15, -0.1) is 11.3 Å². The Morgan fingerprint density at radius 1 is 0.950 bits per heavy atom. The Bertz CT molecular complexity index is 1720. The Balaban J connectivity index is 1.81. The van der Waals surface area contributed by atoms with Gasteiger partial charge in [-0.1, -0.05) is 54.6 Å². The van der Waals surface area contributed by atoms with Crippen molar-refractivity contribution in [3.63, 3.8) is 0 Å². The highest BCUT2D eigenvalue weighted by Gasteiger charge is 2.35. The number of benzene rings is 3. The Labute approximate surface area is 236 Å². The van der Waals surface area contributed by atoms with E-state index in [1.165, 1.54) is 42.5 Å². The van der Waals surface area contributed by atoms with Gasteiger partial charge in [0.2, 0.25) is 0 Å². The van der Waals surface area contributed by atoms with Crippen LogP contribution in [-0.2, 0) is 37.3 Å². The first-order valence-corrected chi connectivity index (χ1v) is 15.6. The molecule has 0 unspecified atom stereocenters. The van der Waals surface area contributed by atoms with Crippen LogP contribution >= 0.6 is 11.3 Å². The lowest BCUT2D eigenvalue weighted by molar-refractivity contribution is -0.385. The fraction of sp³-hybridized carbons (Fsp3) is 0.148. The van der Waals surface area contributed by atoms with Crippen LogP contribution in [-0.4, -0.2) is 38.7 Å². The fourth-order valence-corrected chi connectivity index (χ4v) is 7.69. The molecule has 4 aromatic rings. The number of nitro groups is 1. The first-order chi connectivity index (χ1) is 19.1. The Hall–Kier alpha value is -3.93. The number of hydrogen-bond donors (Lipinski definition) is 0. The molecule has 1 aromatic heterocycles. The summed E-state index contributed by atoms with van der Waals surface area (Å²) in [4.78, 5) is 11.1. The van der Waals surface area contributed by atoms with Crippen molar-refractivity contribution in [2.24, 2.45) is 0 Å². The largest absolute Gasteiger partial charge is 0.297 e. The van der Waals surface area contributed by atoms with E-state index < -0.39 is 44.3 Å². The summed E-state index contributed by atoms with van der Waals surface area (Å²) in [5, 5.41) is 22.8. The molecule has 0 aliphatic heterocycles. The second-order valence-electron chi connectivity index (χ2n) is 8.59. The topological polar surface area (TPSA) is 148 Å². The molecule has 206 valence electrons. The van der Waals surface area contributed by atoms with Crippen molar-refractivity contribution in [3.05, 3.63) is 123 Å². The van der Waals surface area contributed by atoms with E-state index in [9.17, 15) is 32.2 Å². The van der Waals surface area contributed by atoms with E-state index in [0.29, 0.717) is 5.56 Å². The molecule has 0 aliphatic rings. The van der Waals surface area contributed by atoms with E-state index in [-0.39, 0.29) is 32.3 Å². The number of nitriles is 1. The summed E-state index contributed by atoms with van der Waals surface area (Å²) in [6.45, 7) is -1.07. The minimum absolute atomic E-state index is 0.0202. The molecule has 0 saturated heterocycles. The van der Waals surface area contributed by atoms with Crippen LogP contribution in [0.5, 0.6) is 0 Å². The highest BCUT2D eigenvalue weighted by molar-refractivity contribution is 7.91. The SMILES string of the molecule is N#Cc1ccc([N+](=O)[O-])c(CN([C@@H](COS(=O)(=O)c2ccccc2)Cc2ccccc2)S(=O)(=O)c2cccs2)c1. The third-order valence-corrected chi connectivity index (χ3v) is 10.5. The van der Waals surface area contributed by atoms with Gasteiger partial charge in [-0.2, -0.15) is 18.0 Å². The summed E-state index contributed by atoms with van der Waals surface area (Å²) in [6.07, 6.45) is 0.0431. The molecular weight excluding hydrogens is 575 g/mol. The summed E-state index contributed by atoms with van der Waals surface area (Å²) >= 11 is 0.956. The molecule has 1 heterocycles. The van der Waals surface area contributed by atoms with Crippen LogP contribution < -0.4 is 0 Å². The highest BCUT2D eigenvalue weighted by Crippen LogP contribution is 2.30. The Kier molecular flexibility index (Phi) is 9.08. The van der Waals surface area contributed by atoms with Crippen molar-refractivity contribution >= 4 is 37.2 Å². The summed E-state index contributed by atoms with van der Waals surface area (Å²) in [5.74, 6) is 0. The number of nitrogens with zero attached hydrogens (tertiary/aromatic N) is 3. The van der Waals surface area contributed by atoms with Crippen molar-refractivity contribution in [2.75, 3.05) is 6.61 Å². The predicted octanol–water partition coefficient (Wildman–Crippen LogP) is 4.74. The quantitative estimate of drug-likeness (QED) is 0.129. The zero-order chi connectivity index (χ0) is 28.8. The lowest BCUT2D eigenvalue weighted by Gasteiger charge is -2.30. The molecule has 0 radical (unpaired) electrons. The minimum atomic E-state index is -4.30. The summed E-state index contributed by atoms with van der Waals surface area (Å²) in [7, 11) is -8.55. The number of rotatable bonds is 12. The van der Waals surface area contributed by atoms with Crippen LogP contribution in [0, 0.1) is 21.4 Å². The van der Waals surface area contributed by atoms with Crippen LogP contribution in [0.3, 0.4) is 0 Å². The molecular formula is C27H23N3O7S3. The maximum absolute atomic E-state index is 14.0. The highest BCUT2D eigenvalue weighted by atomic mass is 32.2. The van der Waals surface area contributed by atoms with Crippen LogP contribution in [0.15, 0.2) is 105 Å². The first kappa shape index (κ1) is 29.1. The summed E-state index contributed by atoms with van der Waals surface area (Å²) in [5.41, 5.74) is 0.409. The molecule has 0 bridgehead atoms. The average molecular weight is 598 g/mol. The summed E-state index contributed by atoms with van der Waals surface area (Å²) < 4.78 is 60.2. The van der Waals surface area contributed by atoms with E-state index in [1.54, 1.807) is 47.8 Å². The van der Waals surface area contributed by atoms with Crippen molar-refractivity contribution in [1.29, 1.82) is 5.26 Å². The monoisotopic (exact) mass is 597 g/mol. The molecule has 3 aromatic carbocycles. The molecule has 0 fully saturated rings. The van der Waals surface area contributed by atoms with Crippen LogP contribution in [0.4, 0.5) is 5.69 Å². The van der Waals surface area contributed by atoms with Gasteiger partial charge in [-0.3, -0.25) is 14.3 Å². The van der Waals surface area contributed by atoms with Gasteiger partial charge >= 0.3 is 0 Å². The van der Waals surface area contributed by atoms with E-state index >= 15 is 0 Å². The summed E-state index contributed by atoms with van der Waals surface area (Å²) in [6, 6.07) is 23.7. The third-order valence-electron chi connectivity index (χ3n) is 5.96. The number of thiophene rings is 1. The smallest absolute Gasteiger partial charge is 0.265 e. The zero-order valence-corrected chi connectivity index (χ0v) is 23.3. The van der Waals surface area contributed by atoms with E-state index in [0.717, 1.165) is 21.7 Å². The molecule has 0 amide bonds. The second-order valence-corrected chi connectivity index (χ2v) is 13.3. The number of hydrogen-bond acceptors (Lipinski definition) is 9. The Morgan fingerprint density at radius 3 is 2.23 bits per heavy atom. The van der Waals surface area contributed by atoms with Gasteiger partial charge in [0.15, 0.2) is 0 Å². The van der Waals surface area contributed by atoms with Gasteiger partial charge in [0, 0.05) is 18.2 Å². The molecule has 1 atom stereocenters. The lowest BCUT2D eigenvalue weighted by Crippen LogP contribution is -2.44. The van der Waals surface area contributed by atoms with Crippen molar-refractivity contribution in [2.45, 2.75) is 28.1 Å². The van der Waals surface area contributed by atoms with Crippen molar-refractivity contribution in [1.82, 2.24) is 4.31 Å². The van der Waals surface area contributed by atoms with Crippen LogP contribution in [0.1, 0.15) is 16.7 Å². The van der Waals surface area contributed by atoms with Gasteiger partial charge in [-0.25, -0.2) is 8.42 Å². The molecule has 0 spiro atoms. The second kappa shape index (κ2) is 12.5. The lowest BCUT2D eigenvalue weighted by atomic mass is 10.1. The molecule has 0 N–H and O–H groups in total.